The molecule has 0 bridgehead atoms. The van der Waals surface area contributed by atoms with Crippen molar-refractivity contribution in [2.75, 3.05) is 24.6 Å². The van der Waals surface area contributed by atoms with Crippen LogP contribution in [0.2, 0.25) is 0 Å². The van der Waals surface area contributed by atoms with Crippen molar-refractivity contribution in [3.63, 3.8) is 0 Å². The van der Waals surface area contributed by atoms with Gasteiger partial charge in [0.1, 0.15) is 0 Å². The van der Waals surface area contributed by atoms with E-state index in [1.165, 1.54) is 0 Å². The molecule has 0 N–H and O–H groups in total. The van der Waals surface area contributed by atoms with Crippen LogP contribution in [0.4, 0.5) is 0 Å². The van der Waals surface area contributed by atoms with Gasteiger partial charge in [0.2, 0.25) is 10.0 Å². The van der Waals surface area contributed by atoms with E-state index in [0.29, 0.717) is 43.5 Å². The number of hydrogen-bond donors (Lipinski definition) is 0. The van der Waals surface area contributed by atoms with Gasteiger partial charge in [-0.05, 0) is 18.8 Å². The summed E-state index contributed by atoms with van der Waals surface area (Å²) in [7, 11) is -3.12. The molecule has 1 atom stereocenters. The highest BCUT2D eigenvalue weighted by Gasteiger charge is 2.30. The van der Waals surface area contributed by atoms with Crippen LogP contribution in [0.3, 0.4) is 0 Å². The molecule has 0 amide bonds. The van der Waals surface area contributed by atoms with E-state index in [2.05, 4.69) is 13.8 Å². The molecule has 104 valence electrons. The Kier molecular flexibility index (Phi) is 6.47. The highest BCUT2D eigenvalue weighted by atomic mass is 32.2. The summed E-state index contributed by atoms with van der Waals surface area (Å²) in [5.41, 5.74) is 0. The van der Waals surface area contributed by atoms with Crippen LogP contribution in [0, 0.1) is 17.2 Å². The summed E-state index contributed by atoms with van der Waals surface area (Å²) in [6, 6.07) is 2.04. The van der Waals surface area contributed by atoms with Gasteiger partial charge in [-0.15, -0.1) is 0 Å². The van der Waals surface area contributed by atoms with Crippen LogP contribution < -0.4 is 0 Å². The molecule has 0 saturated carbocycles. The van der Waals surface area contributed by atoms with Crippen molar-refractivity contribution in [3.05, 3.63) is 0 Å². The van der Waals surface area contributed by atoms with Gasteiger partial charge in [-0.3, -0.25) is 0 Å². The van der Waals surface area contributed by atoms with Crippen LogP contribution in [0.5, 0.6) is 0 Å². The van der Waals surface area contributed by atoms with Gasteiger partial charge >= 0.3 is 0 Å². The first-order valence-corrected chi connectivity index (χ1v) is 9.09. The number of nitriles is 1. The van der Waals surface area contributed by atoms with Crippen LogP contribution in [0.1, 0.15) is 33.1 Å². The molecule has 1 unspecified atom stereocenters. The van der Waals surface area contributed by atoms with Crippen LogP contribution in [-0.2, 0) is 10.0 Å². The first-order valence-electron chi connectivity index (χ1n) is 6.43. The molecule has 1 saturated heterocycles. The summed E-state index contributed by atoms with van der Waals surface area (Å²) in [6.45, 7) is 5.55. The minimum Gasteiger partial charge on any atom is -0.212 e. The van der Waals surface area contributed by atoms with Gasteiger partial charge in [-0.1, -0.05) is 13.8 Å². The van der Waals surface area contributed by atoms with Crippen molar-refractivity contribution in [1.29, 1.82) is 5.26 Å². The average molecular weight is 290 g/mol. The molecule has 6 heteroatoms. The first-order chi connectivity index (χ1) is 8.47. The third-order valence-electron chi connectivity index (χ3n) is 3.13. The Labute approximate surface area is 115 Å². The summed E-state index contributed by atoms with van der Waals surface area (Å²) in [4.78, 5) is 0. The SMILES string of the molecule is CC(C)C1CN(S(=O)(=O)CCCCC#N)CCS1. The number of hydrogen-bond acceptors (Lipinski definition) is 4. The molecule has 1 rings (SSSR count). The number of unbranched alkanes of at least 4 members (excludes halogenated alkanes) is 2. The van der Waals surface area contributed by atoms with Crippen LogP contribution >= 0.6 is 11.8 Å². The van der Waals surface area contributed by atoms with E-state index in [-0.39, 0.29) is 5.75 Å². The van der Waals surface area contributed by atoms with E-state index in [4.69, 9.17) is 5.26 Å². The molecular weight excluding hydrogens is 268 g/mol. The monoisotopic (exact) mass is 290 g/mol. The van der Waals surface area contributed by atoms with Gasteiger partial charge in [0.15, 0.2) is 0 Å². The van der Waals surface area contributed by atoms with E-state index in [1.54, 1.807) is 4.31 Å². The van der Waals surface area contributed by atoms with Gasteiger partial charge in [-0.2, -0.15) is 21.3 Å². The fraction of sp³-hybridized carbons (Fsp3) is 0.917. The van der Waals surface area contributed by atoms with E-state index in [0.717, 1.165) is 5.75 Å². The molecule has 0 aromatic carbocycles. The van der Waals surface area contributed by atoms with Crippen molar-refractivity contribution in [1.82, 2.24) is 4.31 Å². The minimum atomic E-state index is -3.12. The van der Waals surface area contributed by atoms with Crippen molar-refractivity contribution >= 4 is 21.8 Å². The first kappa shape index (κ1) is 15.8. The molecule has 0 radical (unpaired) electrons. The highest BCUT2D eigenvalue weighted by Crippen LogP contribution is 2.26. The predicted octanol–water partition coefficient (Wildman–Crippen LogP) is 2.08. The molecular formula is C12H22N2O2S2. The normalized spacial score (nSPS) is 22.0. The lowest BCUT2D eigenvalue weighted by Crippen LogP contribution is -2.44. The smallest absolute Gasteiger partial charge is 0.212 e. The Morgan fingerprint density at radius 3 is 2.78 bits per heavy atom. The highest BCUT2D eigenvalue weighted by molar-refractivity contribution is 8.00. The van der Waals surface area contributed by atoms with E-state index in [1.807, 2.05) is 17.8 Å². The van der Waals surface area contributed by atoms with E-state index < -0.39 is 10.0 Å². The summed E-state index contributed by atoms with van der Waals surface area (Å²) < 4.78 is 25.9. The topological polar surface area (TPSA) is 61.2 Å². The zero-order valence-corrected chi connectivity index (χ0v) is 12.8. The number of thioether (sulfide) groups is 1. The third kappa shape index (κ3) is 4.79. The second-order valence-electron chi connectivity index (χ2n) is 4.94. The maximum atomic E-state index is 12.2. The van der Waals surface area contributed by atoms with Gasteiger partial charge < -0.3 is 0 Å². The Bertz CT molecular complexity index is 387. The van der Waals surface area contributed by atoms with Crippen molar-refractivity contribution in [3.8, 4) is 6.07 Å². The number of rotatable bonds is 6. The zero-order valence-electron chi connectivity index (χ0n) is 11.1. The molecule has 0 aliphatic carbocycles. The Morgan fingerprint density at radius 2 is 2.17 bits per heavy atom. The molecule has 0 aromatic heterocycles. The van der Waals surface area contributed by atoms with Crippen LogP contribution in [0.15, 0.2) is 0 Å². The van der Waals surface area contributed by atoms with E-state index in [9.17, 15) is 8.42 Å². The zero-order chi connectivity index (χ0) is 13.6. The molecule has 1 aliphatic rings. The lowest BCUT2D eigenvalue weighted by atomic mass is 10.1. The van der Waals surface area contributed by atoms with Gasteiger partial charge in [0, 0.05) is 30.5 Å². The molecule has 1 heterocycles. The fourth-order valence-corrected chi connectivity index (χ4v) is 5.02. The standard InChI is InChI=1S/C12H22N2O2S2/c1-11(2)12-10-14(7-8-17-12)18(15,16)9-5-3-4-6-13/h11-12H,3-5,7-10H2,1-2H3. The lowest BCUT2D eigenvalue weighted by Gasteiger charge is -2.33. The van der Waals surface area contributed by atoms with Crippen LogP contribution in [-0.4, -0.2) is 42.6 Å². The summed E-state index contributed by atoms with van der Waals surface area (Å²) in [6.07, 6.45) is 1.71. The summed E-state index contributed by atoms with van der Waals surface area (Å²) in [5, 5.41) is 8.84. The second kappa shape index (κ2) is 7.37. The largest absolute Gasteiger partial charge is 0.214 e. The van der Waals surface area contributed by atoms with Crippen molar-refractivity contribution < 1.29 is 8.42 Å². The Balaban J connectivity index is 2.49. The molecule has 0 spiro atoms. The Hall–Kier alpha value is -0.250. The molecule has 1 fully saturated rings. The third-order valence-corrected chi connectivity index (χ3v) is 6.60. The molecule has 4 nitrogen and oxygen atoms in total. The van der Waals surface area contributed by atoms with Gasteiger partial charge in [0.25, 0.3) is 0 Å². The maximum Gasteiger partial charge on any atom is 0.214 e. The lowest BCUT2D eigenvalue weighted by molar-refractivity contribution is 0.391. The summed E-state index contributed by atoms with van der Waals surface area (Å²) >= 11 is 1.87. The van der Waals surface area contributed by atoms with Crippen molar-refractivity contribution in [2.45, 2.75) is 38.4 Å². The van der Waals surface area contributed by atoms with Crippen LogP contribution in [0.25, 0.3) is 0 Å². The van der Waals surface area contributed by atoms with Crippen molar-refractivity contribution in [2.24, 2.45) is 5.92 Å². The van der Waals surface area contributed by atoms with Gasteiger partial charge in [0.05, 0.1) is 11.8 Å². The molecule has 1 aliphatic heterocycles. The quantitative estimate of drug-likeness (QED) is 0.703. The number of nitrogens with zero attached hydrogens (tertiary/aromatic N) is 2. The second-order valence-corrected chi connectivity index (χ2v) is 8.38. The van der Waals surface area contributed by atoms with Gasteiger partial charge in [-0.25, -0.2) is 8.42 Å². The number of sulfonamides is 1. The predicted molar refractivity (Wildman–Crippen MR) is 75.9 cm³/mol. The summed E-state index contributed by atoms with van der Waals surface area (Å²) in [5.74, 6) is 1.58. The average Bonchev–Trinajstić information content (AvgIpc) is 2.35. The Morgan fingerprint density at radius 1 is 1.44 bits per heavy atom. The van der Waals surface area contributed by atoms with E-state index >= 15 is 0 Å². The molecule has 0 aromatic rings. The minimum absolute atomic E-state index is 0.185. The molecule has 18 heavy (non-hydrogen) atoms. The maximum absolute atomic E-state index is 12.2. The fourth-order valence-electron chi connectivity index (χ4n) is 1.92.